The van der Waals surface area contributed by atoms with E-state index in [0.717, 1.165) is 17.1 Å². The lowest BCUT2D eigenvalue weighted by atomic mass is 10.1. The van der Waals surface area contributed by atoms with Crippen molar-refractivity contribution in [1.29, 1.82) is 0 Å². The van der Waals surface area contributed by atoms with E-state index in [2.05, 4.69) is 10.5 Å². The molecule has 4 aromatic rings. The number of nitrogens with zero attached hydrogens (tertiary/aromatic N) is 2. The minimum Gasteiger partial charge on any atom is -0.478 e. The van der Waals surface area contributed by atoms with Crippen molar-refractivity contribution in [2.75, 3.05) is 0 Å². The van der Waals surface area contributed by atoms with Crippen molar-refractivity contribution in [3.63, 3.8) is 0 Å². The van der Waals surface area contributed by atoms with Crippen molar-refractivity contribution in [2.45, 2.75) is 13.8 Å². The zero-order valence-corrected chi connectivity index (χ0v) is 19.7. The molecule has 0 aliphatic heterocycles. The van der Waals surface area contributed by atoms with Crippen LogP contribution in [0.1, 0.15) is 37.9 Å². The molecule has 2 aromatic carbocycles. The van der Waals surface area contributed by atoms with Gasteiger partial charge in [0.2, 0.25) is 0 Å². The smallest absolute Gasteiger partial charge is 0.337 e. The fourth-order valence-electron chi connectivity index (χ4n) is 3.54. The number of hydrogen-bond donors (Lipinski definition) is 2. The molecule has 0 saturated heterocycles. The lowest BCUT2D eigenvalue weighted by molar-refractivity contribution is 0.0696. The first kappa shape index (κ1) is 23.4. The first-order valence-corrected chi connectivity index (χ1v) is 10.9. The largest absolute Gasteiger partial charge is 0.478 e. The highest BCUT2D eigenvalue weighted by molar-refractivity contribution is 6.34. The Morgan fingerprint density at radius 1 is 0.941 bits per heavy atom. The van der Waals surface area contributed by atoms with Crippen LogP contribution in [0, 0.1) is 13.8 Å². The fourth-order valence-corrected chi connectivity index (χ4v) is 4.06. The molecule has 0 spiro atoms. The molecule has 2 heterocycles. The molecule has 0 fully saturated rings. The Bertz CT molecular complexity index is 1420. The van der Waals surface area contributed by atoms with Crippen LogP contribution in [-0.4, -0.2) is 27.8 Å². The number of rotatable bonds is 6. The second-order valence-corrected chi connectivity index (χ2v) is 8.33. The second-order valence-electron chi connectivity index (χ2n) is 7.52. The summed E-state index contributed by atoms with van der Waals surface area (Å²) in [6, 6.07) is 17.1. The predicted octanol–water partition coefficient (Wildman–Crippen LogP) is 6.12. The predicted molar refractivity (Wildman–Crippen MR) is 131 cm³/mol. The van der Waals surface area contributed by atoms with Crippen molar-refractivity contribution >= 4 is 41.3 Å². The van der Waals surface area contributed by atoms with E-state index in [0.29, 0.717) is 27.7 Å². The van der Waals surface area contributed by atoms with Gasteiger partial charge in [-0.2, -0.15) is 5.10 Å². The molecule has 2 aromatic heterocycles. The van der Waals surface area contributed by atoms with Gasteiger partial charge in [0, 0.05) is 22.6 Å². The fraction of sp³-hybridized carbons (Fsp3) is 0.0800. The third kappa shape index (κ3) is 4.76. The molecule has 0 radical (unpaired) electrons. The van der Waals surface area contributed by atoms with E-state index < -0.39 is 11.9 Å². The number of amides is 1. The number of carbonyl (C=O) groups is 2. The van der Waals surface area contributed by atoms with Gasteiger partial charge in [-0.1, -0.05) is 29.3 Å². The summed E-state index contributed by atoms with van der Waals surface area (Å²) in [7, 11) is 0. The number of carboxylic acid groups (broad SMARTS) is 1. The average Bonchev–Trinajstić information content (AvgIpc) is 3.39. The molecule has 7 nitrogen and oxygen atoms in total. The molecule has 172 valence electrons. The van der Waals surface area contributed by atoms with E-state index in [-0.39, 0.29) is 10.6 Å². The summed E-state index contributed by atoms with van der Waals surface area (Å²) in [5, 5.41) is 13.4. The van der Waals surface area contributed by atoms with Crippen molar-refractivity contribution < 1.29 is 19.1 Å². The second kappa shape index (κ2) is 9.59. The molecule has 0 aliphatic rings. The number of furan rings is 1. The first-order valence-electron chi connectivity index (χ1n) is 10.2. The number of hydrogen-bond acceptors (Lipinski definition) is 4. The Morgan fingerprint density at radius 3 is 2.26 bits per heavy atom. The maximum atomic E-state index is 12.5. The number of benzene rings is 2. The van der Waals surface area contributed by atoms with Gasteiger partial charge in [-0.25, -0.2) is 10.2 Å². The lowest BCUT2D eigenvalue weighted by Crippen LogP contribution is -2.18. The van der Waals surface area contributed by atoms with Crippen molar-refractivity contribution in [3.8, 4) is 17.0 Å². The molecule has 0 unspecified atom stereocenters. The number of aromatic nitrogens is 1. The Hall–Kier alpha value is -3.81. The molecular formula is C25H19Cl2N3O4. The van der Waals surface area contributed by atoms with Crippen LogP contribution < -0.4 is 5.43 Å². The van der Waals surface area contributed by atoms with E-state index in [1.54, 1.807) is 30.3 Å². The van der Waals surface area contributed by atoms with E-state index in [1.807, 2.05) is 36.6 Å². The molecule has 34 heavy (non-hydrogen) atoms. The molecule has 0 aliphatic carbocycles. The van der Waals surface area contributed by atoms with Gasteiger partial charge in [0.1, 0.15) is 11.5 Å². The SMILES string of the molecule is Cc1ccc(C)n1-c1ccc(C(=O)N/N=C\c2ccc(-c3ccc(C(=O)O)c(Cl)c3)o2)c(Cl)c1. The topological polar surface area (TPSA) is 96.8 Å². The Balaban J connectivity index is 1.44. The van der Waals surface area contributed by atoms with Crippen LogP contribution in [0.2, 0.25) is 10.0 Å². The highest BCUT2D eigenvalue weighted by Crippen LogP contribution is 2.27. The van der Waals surface area contributed by atoms with E-state index in [9.17, 15) is 9.59 Å². The molecule has 0 bridgehead atoms. The highest BCUT2D eigenvalue weighted by Gasteiger charge is 2.13. The van der Waals surface area contributed by atoms with Crippen LogP contribution in [0.4, 0.5) is 0 Å². The van der Waals surface area contributed by atoms with Gasteiger partial charge >= 0.3 is 5.97 Å². The van der Waals surface area contributed by atoms with Gasteiger partial charge in [0.15, 0.2) is 0 Å². The summed E-state index contributed by atoms with van der Waals surface area (Å²) >= 11 is 12.4. The normalized spacial score (nSPS) is 11.2. The number of aromatic carboxylic acids is 1. The summed E-state index contributed by atoms with van der Waals surface area (Å²) in [5.41, 5.74) is 6.33. The maximum absolute atomic E-state index is 12.5. The van der Waals surface area contributed by atoms with Gasteiger partial charge in [0.25, 0.3) is 5.91 Å². The molecule has 0 saturated carbocycles. The zero-order chi connectivity index (χ0) is 24.4. The van der Waals surface area contributed by atoms with Crippen LogP contribution in [0.5, 0.6) is 0 Å². The summed E-state index contributed by atoms with van der Waals surface area (Å²) in [6.45, 7) is 3.99. The first-order chi connectivity index (χ1) is 16.2. The van der Waals surface area contributed by atoms with Gasteiger partial charge in [-0.05, 0) is 68.4 Å². The summed E-state index contributed by atoms with van der Waals surface area (Å²) < 4.78 is 7.72. The van der Waals surface area contributed by atoms with Crippen LogP contribution >= 0.6 is 23.2 Å². The van der Waals surface area contributed by atoms with Crippen molar-refractivity contribution in [2.24, 2.45) is 5.10 Å². The van der Waals surface area contributed by atoms with E-state index >= 15 is 0 Å². The standard InChI is InChI=1S/C25H19Cl2N3O4/c1-14-3-4-15(2)30(14)17-6-9-19(22(27)12-17)24(31)29-28-13-18-7-10-23(34-18)16-5-8-20(25(32)33)21(26)11-16/h3-13H,1-2H3,(H,29,31)(H,32,33)/b28-13-. The van der Waals surface area contributed by atoms with Crippen LogP contribution in [-0.2, 0) is 0 Å². The quantitative estimate of drug-likeness (QED) is 0.248. The van der Waals surface area contributed by atoms with Gasteiger partial charge in [-0.15, -0.1) is 0 Å². The Labute approximate surface area is 205 Å². The molecule has 0 atom stereocenters. The van der Waals surface area contributed by atoms with E-state index in [4.69, 9.17) is 32.7 Å². The Morgan fingerprint density at radius 2 is 1.62 bits per heavy atom. The number of carbonyl (C=O) groups excluding carboxylic acids is 1. The van der Waals surface area contributed by atoms with E-state index in [1.165, 1.54) is 18.3 Å². The monoisotopic (exact) mass is 495 g/mol. The minimum atomic E-state index is -1.11. The molecule has 1 amide bonds. The van der Waals surface area contributed by atoms with Gasteiger partial charge < -0.3 is 14.1 Å². The zero-order valence-electron chi connectivity index (χ0n) is 18.2. The summed E-state index contributed by atoms with van der Waals surface area (Å²) in [5.74, 6) is -0.713. The molecule has 2 N–H and O–H groups in total. The molecule has 4 rings (SSSR count). The third-order valence-electron chi connectivity index (χ3n) is 5.20. The highest BCUT2D eigenvalue weighted by atomic mass is 35.5. The van der Waals surface area contributed by atoms with Crippen molar-refractivity contribution in [1.82, 2.24) is 9.99 Å². The van der Waals surface area contributed by atoms with Crippen LogP contribution in [0.15, 0.2) is 70.2 Å². The number of carboxylic acids is 1. The third-order valence-corrected chi connectivity index (χ3v) is 5.82. The maximum Gasteiger partial charge on any atom is 0.337 e. The van der Waals surface area contributed by atoms with Gasteiger partial charge in [0.05, 0.1) is 27.4 Å². The van der Waals surface area contributed by atoms with Gasteiger partial charge in [-0.3, -0.25) is 4.79 Å². The average molecular weight is 496 g/mol. The summed E-state index contributed by atoms with van der Waals surface area (Å²) in [4.78, 5) is 23.6. The minimum absolute atomic E-state index is 0.00629. The number of hydrazone groups is 1. The molecular weight excluding hydrogens is 477 g/mol. The number of halogens is 2. The van der Waals surface area contributed by atoms with Crippen LogP contribution in [0.3, 0.4) is 0 Å². The number of aryl methyl sites for hydroxylation is 2. The summed E-state index contributed by atoms with van der Waals surface area (Å²) in [6.07, 6.45) is 1.35. The Kier molecular flexibility index (Phi) is 6.58. The lowest BCUT2D eigenvalue weighted by Gasteiger charge is -2.11. The molecule has 9 heteroatoms. The van der Waals surface area contributed by atoms with Crippen LogP contribution in [0.25, 0.3) is 17.0 Å². The number of nitrogens with one attached hydrogen (secondary N) is 1. The van der Waals surface area contributed by atoms with Crippen molar-refractivity contribution in [3.05, 3.63) is 99.0 Å².